The maximum atomic E-state index is 6.66. The van der Waals surface area contributed by atoms with Crippen molar-refractivity contribution in [2.45, 2.75) is 31.3 Å². The molecule has 0 aromatic heterocycles. The van der Waals surface area contributed by atoms with E-state index in [2.05, 4.69) is 90.8 Å². The standard InChI is InChI=1S/C28H31NO2/c1-29-16-8-13-24(19-29)28(22-11-6-3-7-12-22)31-26-15-14-23-17-25(20-30-27(23)18-26)21-9-4-2-5-10-21/h2-7,9-12,14-15,18,24-25,28H,8,13,16-17,19-20H2,1H3. The van der Waals surface area contributed by atoms with E-state index in [0.29, 0.717) is 11.8 Å². The predicted molar refractivity (Wildman–Crippen MR) is 125 cm³/mol. The van der Waals surface area contributed by atoms with E-state index in [9.17, 15) is 0 Å². The number of likely N-dealkylation sites (tertiary alicyclic amines) is 1. The molecule has 160 valence electrons. The van der Waals surface area contributed by atoms with Crippen molar-refractivity contribution in [1.29, 1.82) is 0 Å². The topological polar surface area (TPSA) is 21.7 Å². The molecule has 3 heteroatoms. The van der Waals surface area contributed by atoms with E-state index >= 15 is 0 Å². The summed E-state index contributed by atoms with van der Waals surface area (Å²) < 4.78 is 12.9. The molecule has 0 amide bonds. The molecule has 1 saturated heterocycles. The van der Waals surface area contributed by atoms with Crippen LogP contribution in [0.5, 0.6) is 11.5 Å². The molecule has 2 aliphatic heterocycles. The van der Waals surface area contributed by atoms with Crippen molar-refractivity contribution in [2.24, 2.45) is 5.92 Å². The van der Waals surface area contributed by atoms with Gasteiger partial charge in [0.2, 0.25) is 0 Å². The Bertz CT molecular complexity index is 988. The van der Waals surface area contributed by atoms with Gasteiger partial charge >= 0.3 is 0 Å². The van der Waals surface area contributed by atoms with Gasteiger partial charge in [-0.15, -0.1) is 0 Å². The van der Waals surface area contributed by atoms with E-state index in [-0.39, 0.29) is 6.10 Å². The Morgan fingerprint density at radius 1 is 0.968 bits per heavy atom. The van der Waals surface area contributed by atoms with Gasteiger partial charge in [-0.25, -0.2) is 0 Å². The van der Waals surface area contributed by atoms with Gasteiger partial charge in [0.05, 0.1) is 6.61 Å². The number of benzene rings is 3. The normalized spacial score (nSPS) is 22.2. The first kappa shape index (κ1) is 20.1. The molecule has 5 rings (SSSR count). The lowest BCUT2D eigenvalue weighted by Gasteiger charge is -2.35. The molecule has 0 radical (unpaired) electrons. The van der Waals surface area contributed by atoms with Crippen LogP contribution in [0.25, 0.3) is 0 Å². The van der Waals surface area contributed by atoms with Crippen LogP contribution >= 0.6 is 0 Å². The fourth-order valence-electron chi connectivity index (χ4n) is 5.04. The molecule has 3 atom stereocenters. The number of hydrogen-bond acceptors (Lipinski definition) is 3. The molecule has 3 aromatic carbocycles. The van der Waals surface area contributed by atoms with E-state index in [1.165, 1.54) is 36.1 Å². The molecule has 2 heterocycles. The number of piperidine rings is 1. The van der Waals surface area contributed by atoms with Crippen molar-refractivity contribution in [3.8, 4) is 11.5 Å². The Morgan fingerprint density at radius 2 is 1.74 bits per heavy atom. The highest BCUT2D eigenvalue weighted by Gasteiger charge is 2.29. The number of rotatable bonds is 5. The Hall–Kier alpha value is -2.78. The van der Waals surface area contributed by atoms with Gasteiger partial charge in [0.1, 0.15) is 17.6 Å². The van der Waals surface area contributed by atoms with Crippen LogP contribution in [0.3, 0.4) is 0 Å². The fraction of sp³-hybridized carbons (Fsp3) is 0.357. The third kappa shape index (κ3) is 4.62. The minimum Gasteiger partial charge on any atom is -0.493 e. The molecule has 0 aliphatic carbocycles. The molecule has 3 nitrogen and oxygen atoms in total. The third-order valence-electron chi connectivity index (χ3n) is 6.70. The molecule has 2 aliphatic rings. The second-order valence-electron chi connectivity index (χ2n) is 9.01. The maximum absolute atomic E-state index is 6.66. The van der Waals surface area contributed by atoms with Crippen LogP contribution in [0.15, 0.2) is 78.9 Å². The van der Waals surface area contributed by atoms with Crippen molar-refractivity contribution in [3.05, 3.63) is 95.6 Å². The Morgan fingerprint density at radius 3 is 2.52 bits per heavy atom. The predicted octanol–water partition coefficient (Wildman–Crippen LogP) is 5.87. The Balaban J connectivity index is 1.36. The van der Waals surface area contributed by atoms with Gasteiger partial charge in [-0.3, -0.25) is 0 Å². The number of nitrogens with zero attached hydrogens (tertiary/aromatic N) is 1. The summed E-state index contributed by atoms with van der Waals surface area (Å²) in [4.78, 5) is 2.42. The SMILES string of the molecule is CN1CCCC(C(Oc2ccc3c(c2)OCC(c2ccccc2)C3)c2ccccc2)C1. The molecule has 3 aromatic rings. The largest absolute Gasteiger partial charge is 0.493 e. The van der Waals surface area contributed by atoms with E-state index < -0.39 is 0 Å². The first-order valence-corrected chi connectivity index (χ1v) is 11.5. The minimum absolute atomic E-state index is 0.0580. The van der Waals surface area contributed by atoms with Crippen molar-refractivity contribution < 1.29 is 9.47 Å². The monoisotopic (exact) mass is 413 g/mol. The summed E-state index contributed by atoms with van der Waals surface area (Å²) in [7, 11) is 2.21. The molecule has 31 heavy (non-hydrogen) atoms. The molecule has 0 spiro atoms. The zero-order valence-corrected chi connectivity index (χ0v) is 18.2. The smallest absolute Gasteiger partial charge is 0.128 e. The van der Waals surface area contributed by atoms with Crippen LogP contribution in [-0.2, 0) is 6.42 Å². The average molecular weight is 414 g/mol. The zero-order chi connectivity index (χ0) is 21.0. The molecular formula is C28H31NO2. The Kier molecular flexibility index (Phi) is 5.95. The fourth-order valence-corrected chi connectivity index (χ4v) is 5.04. The summed E-state index contributed by atoms with van der Waals surface area (Å²) in [5, 5.41) is 0. The van der Waals surface area contributed by atoms with Crippen LogP contribution < -0.4 is 9.47 Å². The number of fused-ring (bicyclic) bond motifs is 1. The van der Waals surface area contributed by atoms with Crippen LogP contribution in [0, 0.1) is 5.92 Å². The zero-order valence-electron chi connectivity index (χ0n) is 18.2. The second kappa shape index (κ2) is 9.15. The lowest BCUT2D eigenvalue weighted by atomic mass is 9.88. The Labute approximate surface area is 185 Å². The lowest BCUT2D eigenvalue weighted by Crippen LogP contribution is -2.36. The van der Waals surface area contributed by atoms with E-state index in [1.54, 1.807) is 0 Å². The summed E-state index contributed by atoms with van der Waals surface area (Å²) in [6.45, 7) is 2.96. The highest BCUT2D eigenvalue weighted by Crippen LogP contribution is 2.38. The highest BCUT2D eigenvalue weighted by atomic mass is 16.5. The first-order chi connectivity index (χ1) is 15.3. The highest BCUT2D eigenvalue weighted by molar-refractivity contribution is 5.44. The number of ether oxygens (including phenoxy) is 2. The summed E-state index contributed by atoms with van der Waals surface area (Å²) in [6.07, 6.45) is 3.49. The molecule has 0 N–H and O–H groups in total. The number of hydrogen-bond donors (Lipinski definition) is 0. The molecule has 0 bridgehead atoms. The van der Waals surface area contributed by atoms with Crippen LogP contribution in [0.1, 0.15) is 41.6 Å². The van der Waals surface area contributed by atoms with Gasteiger partial charge in [0.25, 0.3) is 0 Å². The van der Waals surface area contributed by atoms with Gasteiger partial charge in [0.15, 0.2) is 0 Å². The summed E-state index contributed by atoms with van der Waals surface area (Å²) >= 11 is 0. The molecular weight excluding hydrogens is 382 g/mol. The molecule has 1 fully saturated rings. The first-order valence-electron chi connectivity index (χ1n) is 11.5. The van der Waals surface area contributed by atoms with Gasteiger partial charge in [-0.05, 0) is 55.6 Å². The summed E-state index contributed by atoms with van der Waals surface area (Å²) in [5.41, 5.74) is 3.87. The van der Waals surface area contributed by atoms with Crippen molar-refractivity contribution in [1.82, 2.24) is 4.90 Å². The van der Waals surface area contributed by atoms with Gasteiger partial charge in [-0.2, -0.15) is 0 Å². The van der Waals surface area contributed by atoms with Gasteiger partial charge < -0.3 is 14.4 Å². The van der Waals surface area contributed by atoms with Crippen molar-refractivity contribution in [2.75, 3.05) is 26.7 Å². The van der Waals surface area contributed by atoms with E-state index in [1.807, 2.05) is 0 Å². The summed E-state index contributed by atoms with van der Waals surface area (Å²) in [6, 6.07) is 27.8. The minimum atomic E-state index is 0.0580. The third-order valence-corrected chi connectivity index (χ3v) is 6.70. The maximum Gasteiger partial charge on any atom is 0.128 e. The summed E-state index contributed by atoms with van der Waals surface area (Å²) in [5.74, 6) is 2.77. The average Bonchev–Trinajstić information content (AvgIpc) is 2.83. The van der Waals surface area contributed by atoms with E-state index in [0.717, 1.165) is 31.1 Å². The molecule has 3 unspecified atom stereocenters. The molecule has 0 saturated carbocycles. The quantitative estimate of drug-likeness (QED) is 0.522. The van der Waals surface area contributed by atoms with Crippen molar-refractivity contribution in [3.63, 3.8) is 0 Å². The van der Waals surface area contributed by atoms with E-state index in [4.69, 9.17) is 9.47 Å². The van der Waals surface area contributed by atoms with Gasteiger partial charge in [0, 0.05) is 24.4 Å². The lowest BCUT2D eigenvalue weighted by molar-refractivity contribution is 0.0773. The second-order valence-corrected chi connectivity index (χ2v) is 9.01. The van der Waals surface area contributed by atoms with Crippen LogP contribution in [0.4, 0.5) is 0 Å². The van der Waals surface area contributed by atoms with Crippen LogP contribution in [0.2, 0.25) is 0 Å². The van der Waals surface area contributed by atoms with Crippen LogP contribution in [-0.4, -0.2) is 31.6 Å². The van der Waals surface area contributed by atoms with Crippen molar-refractivity contribution >= 4 is 0 Å². The van der Waals surface area contributed by atoms with Gasteiger partial charge in [-0.1, -0.05) is 66.7 Å².